The van der Waals surface area contributed by atoms with Crippen LogP contribution in [0.15, 0.2) is 0 Å². The largest absolute Gasteiger partial charge is 0.395 e. The number of nitrogens with zero attached hydrogens (tertiary/aromatic N) is 1. The third-order valence-corrected chi connectivity index (χ3v) is 4.04. The highest BCUT2D eigenvalue weighted by Gasteiger charge is 2.30. The first kappa shape index (κ1) is 11.4. The van der Waals surface area contributed by atoms with Gasteiger partial charge in [0, 0.05) is 12.1 Å². The van der Waals surface area contributed by atoms with Gasteiger partial charge in [-0.3, -0.25) is 0 Å². The van der Waals surface area contributed by atoms with E-state index in [1.165, 1.54) is 38.8 Å². The summed E-state index contributed by atoms with van der Waals surface area (Å²) in [4.78, 5) is 2.62. The molecular formula is C12H24N2O. The first-order valence-corrected chi connectivity index (χ1v) is 6.41. The van der Waals surface area contributed by atoms with Crippen molar-refractivity contribution in [3.63, 3.8) is 0 Å². The molecule has 0 aromatic carbocycles. The Labute approximate surface area is 92.8 Å². The molecule has 0 amide bonds. The summed E-state index contributed by atoms with van der Waals surface area (Å²) in [6.07, 6.45) is 5.26. The van der Waals surface area contributed by atoms with Gasteiger partial charge in [-0.15, -0.1) is 0 Å². The molecule has 15 heavy (non-hydrogen) atoms. The van der Waals surface area contributed by atoms with Gasteiger partial charge in [-0.05, 0) is 51.2 Å². The molecule has 0 aromatic rings. The Bertz CT molecular complexity index is 198. The lowest BCUT2D eigenvalue weighted by atomic mass is 9.96. The second kappa shape index (κ2) is 5.28. The fourth-order valence-corrected chi connectivity index (χ4v) is 3.18. The lowest BCUT2D eigenvalue weighted by Gasteiger charge is -2.25. The molecule has 0 aliphatic carbocycles. The predicted molar refractivity (Wildman–Crippen MR) is 61.9 cm³/mol. The summed E-state index contributed by atoms with van der Waals surface area (Å²) in [5.41, 5.74) is 0. The van der Waals surface area contributed by atoms with Gasteiger partial charge in [0.05, 0.1) is 6.61 Å². The van der Waals surface area contributed by atoms with E-state index >= 15 is 0 Å². The third kappa shape index (κ3) is 2.71. The zero-order valence-corrected chi connectivity index (χ0v) is 9.78. The van der Waals surface area contributed by atoms with Crippen LogP contribution in [-0.2, 0) is 0 Å². The van der Waals surface area contributed by atoms with Gasteiger partial charge in [0.1, 0.15) is 0 Å². The first-order valence-electron chi connectivity index (χ1n) is 6.41. The topological polar surface area (TPSA) is 35.5 Å². The minimum absolute atomic E-state index is 0.304. The molecule has 2 aliphatic heterocycles. The van der Waals surface area contributed by atoms with Gasteiger partial charge in [-0.2, -0.15) is 0 Å². The van der Waals surface area contributed by atoms with Crippen molar-refractivity contribution in [3.8, 4) is 0 Å². The summed E-state index contributed by atoms with van der Waals surface area (Å²) in [5.74, 6) is 0.791. The minimum atomic E-state index is 0.304. The van der Waals surface area contributed by atoms with Gasteiger partial charge in [0.25, 0.3) is 0 Å². The van der Waals surface area contributed by atoms with E-state index in [0.717, 1.165) is 18.5 Å². The normalized spacial score (nSPS) is 37.6. The Balaban J connectivity index is 1.77. The SMILES string of the molecule is CCN1CCCC1CC1CNC(CO)C1. The van der Waals surface area contributed by atoms with Crippen LogP contribution in [0.4, 0.5) is 0 Å². The number of likely N-dealkylation sites (tertiary alicyclic amines) is 1. The number of nitrogens with one attached hydrogen (secondary N) is 1. The zero-order chi connectivity index (χ0) is 10.7. The standard InChI is InChI=1S/C12H24N2O/c1-2-14-5-3-4-12(14)7-10-6-11(9-15)13-8-10/h10-13,15H,2-9H2,1H3. The molecule has 2 N–H and O–H groups in total. The molecule has 0 saturated carbocycles. The molecule has 3 atom stereocenters. The molecule has 0 radical (unpaired) electrons. The quantitative estimate of drug-likeness (QED) is 0.724. The molecule has 0 aromatic heterocycles. The lowest BCUT2D eigenvalue weighted by molar-refractivity contribution is 0.225. The molecule has 2 saturated heterocycles. The highest BCUT2D eigenvalue weighted by molar-refractivity contribution is 4.87. The summed E-state index contributed by atoms with van der Waals surface area (Å²) in [6.45, 7) is 6.18. The number of aliphatic hydroxyl groups excluding tert-OH is 1. The monoisotopic (exact) mass is 212 g/mol. The molecule has 2 aliphatic rings. The second-order valence-electron chi connectivity index (χ2n) is 5.05. The lowest BCUT2D eigenvalue weighted by Crippen LogP contribution is -2.31. The fourth-order valence-electron chi connectivity index (χ4n) is 3.18. The number of hydrogen-bond acceptors (Lipinski definition) is 3. The van der Waals surface area contributed by atoms with Crippen LogP contribution in [-0.4, -0.2) is 48.3 Å². The van der Waals surface area contributed by atoms with Gasteiger partial charge in [0.2, 0.25) is 0 Å². The Kier molecular flexibility index (Phi) is 4.00. The third-order valence-electron chi connectivity index (χ3n) is 4.04. The van der Waals surface area contributed by atoms with Crippen LogP contribution >= 0.6 is 0 Å². The summed E-state index contributed by atoms with van der Waals surface area (Å²) in [5, 5.41) is 12.5. The van der Waals surface area contributed by atoms with Gasteiger partial charge < -0.3 is 15.3 Å². The van der Waals surface area contributed by atoms with E-state index in [-0.39, 0.29) is 0 Å². The molecule has 2 heterocycles. The predicted octanol–water partition coefficient (Wildman–Crippen LogP) is 0.831. The van der Waals surface area contributed by atoms with Crippen LogP contribution in [0.5, 0.6) is 0 Å². The maximum atomic E-state index is 9.07. The Morgan fingerprint density at radius 2 is 2.33 bits per heavy atom. The van der Waals surface area contributed by atoms with Crippen molar-refractivity contribution in [1.82, 2.24) is 10.2 Å². The first-order chi connectivity index (χ1) is 7.33. The molecular weight excluding hydrogens is 188 g/mol. The molecule has 3 unspecified atom stereocenters. The fraction of sp³-hybridized carbons (Fsp3) is 1.00. The van der Waals surface area contributed by atoms with Crippen LogP contribution in [0.3, 0.4) is 0 Å². The average molecular weight is 212 g/mol. The van der Waals surface area contributed by atoms with Crippen molar-refractivity contribution >= 4 is 0 Å². The maximum Gasteiger partial charge on any atom is 0.0584 e. The van der Waals surface area contributed by atoms with E-state index < -0.39 is 0 Å². The molecule has 2 fully saturated rings. The van der Waals surface area contributed by atoms with Gasteiger partial charge in [-0.25, -0.2) is 0 Å². The van der Waals surface area contributed by atoms with Crippen molar-refractivity contribution < 1.29 is 5.11 Å². The van der Waals surface area contributed by atoms with Crippen molar-refractivity contribution in [1.29, 1.82) is 0 Å². The van der Waals surface area contributed by atoms with E-state index in [0.29, 0.717) is 12.6 Å². The van der Waals surface area contributed by atoms with E-state index in [1.54, 1.807) is 0 Å². The van der Waals surface area contributed by atoms with Crippen molar-refractivity contribution in [3.05, 3.63) is 0 Å². The summed E-state index contributed by atoms with van der Waals surface area (Å²) >= 11 is 0. The highest BCUT2D eigenvalue weighted by atomic mass is 16.3. The van der Waals surface area contributed by atoms with E-state index in [1.807, 2.05) is 0 Å². The van der Waals surface area contributed by atoms with Crippen LogP contribution in [0, 0.1) is 5.92 Å². The molecule has 88 valence electrons. The summed E-state index contributed by atoms with van der Waals surface area (Å²) < 4.78 is 0. The Morgan fingerprint density at radius 1 is 1.47 bits per heavy atom. The van der Waals surface area contributed by atoms with Crippen molar-refractivity contribution in [2.45, 2.75) is 44.7 Å². The molecule has 2 rings (SSSR count). The van der Waals surface area contributed by atoms with Crippen LogP contribution in [0.1, 0.15) is 32.6 Å². The minimum Gasteiger partial charge on any atom is -0.395 e. The molecule has 3 nitrogen and oxygen atoms in total. The summed E-state index contributed by atoms with van der Waals surface area (Å²) in [6, 6.07) is 1.19. The maximum absolute atomic E-state index is 9.07. The second-order valence-corrected chi connectivity index (χ2v) is 5.05. The molecule has 0 bridgehead atoms. The van der Waals surface area contributed by atoms with Crippen molar-refractivity contribution in [2.75, 3.05) is 26.2 Å². The Morgan fingerprint density at radius 3 is 3.00 bits per heavy atom. The van der Waals surface area contributed by atoms with E-state index in [9.17, 15) is 0 Å². The summed E-state index contributed by atoms with van der Waals surface area (Å²) in [7, 11) is 0. The van der Waals surface area contributed by atoms with E-state index in [2.05, 4.69) is 17.1 Å². The van der Waals surface area contributed by atoms with E-state index in [4.69, 9.17) is 5.11 Å². The number of hydrogen-bond donors (Lipinski definition) is 2. The average Bonchev–Trinajstić information content (AvgIpc) is 2.87. The van der Waals surface area contributed by atoms with Crippen LogP contribution in [0.2, 0.25) is 0 Å². The van der Waals surface area contributed by atoms with Gasteiger partial charge in [0.15, 0.2) is 0 Å². The highest BCUT2D eigenvalue weighted by Crippen LogP contribution is 2.27. The molecule has 0 spiro atoms. The van der Waals surface area contributed by atoms with Gasteiger partial charge in [-0.1, -0.05) is 6.92 Å². The smallest absolute Gasteiger partial charge is 0.0584 e. The zero-order valence-electron chi connectivity index (χ0n) is 9.78. The number of rotatable bonds is 4. The van der Waals surface area contributed by atoms with Gasteiger partial charge >= 0.3 is 0 Å². The number of aliphatic hydroxyl groups is 1. The molecule has 3 heteroatoms. The Hall–Kier alpha value is -0.120. The van der Waals surface area contributed by atoms with Crippen LogP contribution < -0.4 is 5.32 Å². The van der Waals surface area contributed by atoms with Crippen LogP contribution in [0.25, 0.3) is 0 Å². The van der Waals surface area contributed by atoms with Crippen molar-refractivity contribution in [2.24, 2.45) is 5.92 Å².